The van der Waals surface area contributed by atoms with Crippen LogP contribution in [0, 0.1) is 5.82 Å². The lowest BCUT2D eigenvalue weighted by atomic mass is 10.00. The number of benzene rings is 2. The van der Waals surface area contributed by atoms with Crippen LogP contribution in [-0.4, -0.2) is 12.5 Å². The SMILES string of the molecule is CC(N)c1cccc(-c2ccc(N3CCCC3=O)c(F)c2P)c1. The first-order valence-corrected chi connectivity index (χ1v) is 8.31. The number of halogens is 1. The van der Waals surface area contributed by atoms with Crippen LogP contribution in [0.1, 0.15) is 31.4 Å². The van der Waals surface area contributed by atoms with Crippen LogP contribution in [0.3, 0.4) is 0 Å². The van der Waals surface area contributed by atoms with Crippen LogP contribution in [0.5, 0.6) is 0 Å². The van der Waals surface area contributed by atoms with Gasteiger partial charge in [0.05, 0.1) is 5.69 Å². The highest BCUT2D eigenvalue weighted by Crippen LogP contribution is 2.30. The highest BCUT2D eigenvalue weighted by Gasteiger charge is 2.25. The molecule has 1 fully saturated rings. The van der Waals surface area contributed by atoms with Crippen molar-refractivity contribution in [2.75, 3.05) is 11.4 Å². The summed E-state index contributed by atoms with van der Waals surface area (Å²) in [4.78, 5) is 13.4. The molecule has 1 aliphatic rings. The third kappa shape index (κ3) is 3.01. The average Bonchev–Trinajstić information content (AvgIpc) is 2.96. The van der Waals surface area contributed by atoms with E-state index in [1.165, 1.54) is 4.90 Å². The number of carbonyl (C=O) groups is 1. The molecule has 1 aliphatic heterocycles. The number of nitrogens with two attached hydrogens (primary N) is 1. The van der Waals surface area contributed by atoms with E-state index in [-0.39, 0.29) is 17.8 Å². The molecule has 5 heteroatoms. The Labute approximate surface area is 137 Å². The van der Waals surface area contributed by atoms with Gasteiger partial charge in [-0.3, -0.25) is 4.79 Å². The summed E-state index contributed by atoms with van der Waals surface area (Å²) < 4.78 is 14.8. The summed E-state index contributed by atoms with van der Waals surface area (Å²) in [6.45, 7) is 2.50. The van der Waals surface area contributed by atoms with Crippen molar-refractivity contribution in [2.45, 2.75) is 25.8 Å². The molecule has 0 bridgehead atoms. The normalized spacial score (nSPS) is 16.0. The number of rotatable bonds is 3. The van der Waals surface area contributed by atoms with E-state index in [1.54, 1.807) is 6.07 Å². The average molecular weight is 330 g/mol. The monoisotopic (exact) mass is 330 g/mol. The van der Waals surface area contributed by atoms with Gasteiger partial charge in [0, 0.05) is 24.3 Å². The maximum absolute atomic E-state index is 14.8. The van der Waals surface area contributed by atoms with E-state index in [0.717, 1.165) is 23.1 Å². The number of amides is 1. The fourth-order valence-corrected chi connectivity index (χ4v) is 3.34. The van der Waals surface area contributed by atoms with Gasteiger partial charge >= 0.3 is 0 Å². The zero-order valence-corrected chi connectivity index (χ0v) is 14.2. The first kappa shape index (κ1) is 16.1. The second kappa shape index (κ2) is 6.38. The smallest absolute Gasteiger partial charge is 0.227 e. The summed E-state index contributed by atoms with van der Waals surface area (Å²) in [5, 5.41) is 0.476. The van der Waals surface area contributed by atoms with Gasteiger partial charge in [0.1, 0.15) is 0 Å². The molecule has 0 radical (unpaired) electrons. The minimum Gasteiger partial charge on any atom is -0.324 e. The van der Waals surface area contributed by atoms with Gasteiger partial charge < -0.3 is 10.6 Å². The Bertz CT molecular complexity index is 761. The van der Waals surface area contributed by atoms with Gasteiger partial charge in [0.15, 0.2) is 5.82 Å². The highest BCUT2D eigenvalue weighted by molar-refractivity contribution is 7.28. The molecule has 1 saturated heterocycles. The minimum atomic E-state index is -0.353. The van der Waals surface area contributed by atoms with E-state index in [0.29, 0.717) is 24.0 Å². The summed E-state index contributed by atoms with van der Waals surface area (Å²) >= 11 is 0. The summed E-state index contributed by atoms with van der Waals surface area (Å²) in [6.07, 6.45) is 1.27. The largest absolute Gasteiger partial charge is 0.324 e. The van der Waals surface area contributed by atoms with Crippen LogP contribution in [-0.2, 0) is 4.79 Å². The molecule has 1 heterocycles. The van der Waals surface area contributed by atoms with E-state index in [2.05, 4.69) is 9.24 Å². The second-order valence-electron chi connectivity index (χ2n) is 5.92. The van der Waals surface area contributed by atoms with Gasteiger partial charge in [-0.05, 0) is 42.2 Å². The van der Waals surface area contributed by atoms with Crippen molar-refractivity contribution in [3.05, 3.63) is 47.8 Å². The minimum absolute atomic E-state index is 0.0139. The zero-order chi connectivity index (χ0) is 16.6. The third-order valence-electron chi connectivity index (χ3n) is 4.25. The quantitative estimate of drug-likeness (QED) is 0.879. The van der Waals surface area contributed by atoms with Crippen LogP contribution in [0.4, 0.5) is 10.1 Å². The van der Waals surface area contributed by atoms with Crippen molar-refractivity contribution in [3.8, 4) is 11.1 Å². The Balaban J connectivity index is 2.04. The second-order valence-corrected chi connectivity index (χ2v) is 6.50. The van der Waals surface area contributed by atoms with Crippen LogP contribution in [0.25, 0.3) is 11.1 Å². The Morgan fingerprint density at radius 2 is 2.09 bits per heavy atom. The Hall–Kier alpha value is -1.77. The molecule has 0 aromatic heterocycles. The van der Waals surface area contributed by atoms with Crippen molar-refractivity contribution < 1.29 is 9.18 Å². The van der Waals surface area contributed by atoms with E-state index < -0.39 is 0 Å². The van der Waals surface area contributed by atoms with Crippen molar-refractivity contribution >= 4 is 26.1 Å². The number of hydrogen-bond acceptors (Lipinski definition) is 2. The predicted molar refractivity (Wildman–Crippen MR) is 95.4 cm³/mol. The predicted octanol–water partition coefficient (Wildman–Crippen LogP) is 3.14. The summed E-state index contributed by atoms with van der Waals surface area (Å²) in [5.41, 5.74) is 9.01. The maximum atomic E-state index is 14.8. The van der Waals surface area contributed by atoms with Crippen molar-refractivity contribution in [2.24, 2.45) is 5.73 Å². The number of nitrogens with zero attached hydrogens (tertiary/aromatic N) is 1. The molecule has 3 rings (SSSR count). The lowest BCUT2D eigenvalue weighted by molar-refractivity contribution is -0.117. The lowest BCUT2D eigenvalue weighted by Gasteiger charge is -2.19. The maximum Gasteiger partial charge on any atom is 0.227 e. The van der Waals surface area contributed by atoms with Crippen molar-refractivity contribution in [3.63, 3.8) is 0 Å². The number of carbonyl (C=O) groups excluding carboxylic acids is 1. The molecule has 0 saturated carbocycles. The molecule has 2 aromatic rings. The molecule has 2 aromatic carbocycles. The Morgan fingerprint density at radius 3 is 2.74 bits per heavy atom. The van der Waals surface area contributed by atoms with Crippen LogP contribution in [0.2, 0.25) is 0 Å². The number of anilines is 1. The molecule has 2 atom stereocenters. The van der Waals surface area contributed by atoms with Crippen molar-refractivity contribution in [1.82, 2.24) is 0 Å². The van der Waals surface area contributed by atoms with Gasteiger partial charge in [-0.2, -0.15) is 0 Å². The third-order valence-corrected chi connectivity index (χ3v) is 4.81. The van der Waals surface area contributed by atoms with Gasteiger partial charge in [-0.15, -0.1) is 9.24 Å². The van der Waals surface area contributed by atoms with E-state index in [9.17, 15) is 9.18 Å². The standard InChI is InChI=1S/C18H20FN2OP/c1-11(20)12-4-2-5-13(10-12)14-7-8-15(17(19)18(14)23)21-9-3-6-16(21)22/h2,4-5,7-8,10-11H,3,6,9,20,23H2,1H3. The zero-order valence-electron chi connectivity index (χ0n) is 13.1. The van der Waals surface area contributed by atoms with Gasteiger partial charge in [0.2, 0.25) is 5.91 Å². The molecule has 0 aliphatic carbocycles. The van der Waals surface area contributed by atoms with E-state index in [1.807, 2.05) is 37.3 Å². The molecule has 23 heavy (non-hydrogen) atoms. The Morgan fingerprint density at radius 1 is 1.30 bits per heavy atom. The molecule has 120 valence electrons. The molecular formula is C18H20FN2OP. The van der Waals surface area contributed by atoms with Crippen LogP contribution >= 0.6 is 9.24 Å². The van der Waals surface area contributed by atoms with Gasteiger partial charge in [-0.25, -0.2) is 4.39 Å². The highest BCUT2D eigenvalue weighted by atomic mass is 31.0. The topological polar surface area (TPSA) is 46.3 Å². The molecular weight excluding hydrogens is 310 g/mol. The summed E-state index contributed by atoms with van der Waals surface area (Å²) in [7, 11) is 2.47. The van der Waals surface area contributed by atoms with Crippen LogP contribution < -0.4 is 15.9 Å². The summed E-state index contributed by atoms with van der Waals surface area (Å²) in [5.74, 6) is -0.367. The fraction of sp³-hybridized carbons (Fsp3) is 0.278. The molecule has 2 unspecified atom stereocenters. The molecule has 3 nitrogen and oxygen atoms in total. The van der Waals surface area contributed by atoms with Crippen LogP contribution in [0.15, 0.2) is 36.4 Å². The van der Waals surface area contributed by atoms with E-state index in [4.69, 9.17) is 5.73 Å². The molecule has 0 spiro atoms. The van der Waals surface area contributed by atoms with Gasteiger partial charge in [-0.1, -0.05) is 24.3 Å². The van der Waals surface area contributed by atoms with Crippen molar-refractivity contribution in [1.29, 1.82) is 0 Å². The number of hydrogen-bond donors (Lipinski definition) is 1. The first-order chi connectivity index (χ1) is 11.0. The fourth-order valence-electron chi connectivity index (χ4n) is 2.93. The Kier molecular flexibility index (Phi) is 4.47. The lowest BCUT2D eigenvalue weighted by Crippen LogP contribution is -2.26. The molecule has 1 amide bonds. The van der Waals surface area contributed by atoms with E-state index >= 15 is 0 Å². The summed E-state index contributed by atoms with van der Waals surface area (Å²) in [6, 6.07) is 11.3. The van der Waals surface area contributed by atoms with Gasteiger partial charge in [0.25, 0.3) is 0 Å². The molecule has 2 N–H and O–H groups in total. The first-order valence-electron chi connectivity index (χ1n) is 7.73.